The second kappa shape index (κ2) is 10.5. The molecule has 1 aromatic rings. The van der Waals surface area contributed by atoms with Crippen LogP contribution in [0.25, 0.3) is 0 Å². The lowest BCUT2D eigenvalue weighted by atomic mass is 10.1. The van der Waals surface area contributed by atoms with Crippen LogP contribution in [0.4, 0.5) is 0 Å². The molecule has 9 heteroatoms. The fraction of sp³-hybridized carbons (Fsp3) is 0.444. The van der Waals surface area contributed by atoms with Crippen molar-refractivity contribution >= 4 is 57.9 Å². The lowest BCUT2D eigenvalue weighted by Gasteiger charge is -2.17. The van der Waals surface area contributed by atoms with E-state index in [0.717, 1.165) is 24.9 Å². The first-order valence-corrected chi connectivity index (χ1v) is 10.5. The summed E-state index contributed by atoms with van der Waals surface area (Å²) < 4.78 is 2.97. The number of nitrogens with one attached hydrogen (secondary N) is 2. The highest BCUT2D eigenvalue weighted by atomic mass is 127. The van der Waals surface area contributed by atoms with Crippen LogP contribution in [-0.4, -0.2) is 47.5 Å². The number of nitrogens with zero attached hydrogens (tertiary/aromatic N) is 1. The van der Waals surface area contributed by atoms with Crippen molar-refractivity contribution in [2.75, 3.05) is 19.6 Å². The molecule has 2 rings (SSSR count). The van der Waals surface area contributed by atoms with Gasteiger partial charge in [0, 0.05) is 42.0 Å². The number of carbonyl (C=O) groups excluding carboxylic acids is 2. The lowest BCUT2D eigenvalue weighted by molar-refractivity contribution is -0.127. The van der Waals surface area contributed by atoms with E-state index in [0.29, 0.717) is 23.0 Å². The Bertz CT molecular complexity index is 743. The highest BCUT2D eigenvalue weighted by Crippen LogP contribution is 2.23. The van der Waals surface area contributed by atoms with Crippen LogP contribution in [0.15, 0.2) is 29.5 Å². The minimum Gasteiger partial charge on any atom is -0.503 e. The van der Waals surface area contributed by atoms with Crippen molar-refractivity contribution in [3.8, 4) is 0 Å². The monoisotopic (exact) mass is 525 g/mol. The van der Waals surface area contributed by atoms with Crippen molar-refractivity contribution in [3.05, 3.63) is 45.1 Å². The van der Waals surface area contributed by atoms with Crippen LogP contribution in [-0.2, 0) is 16.0 Å². The summed E-state index contributed by atoms with van der Waals surface area (Å²) in [6, 6.07) is 5.33. The van der Waals surface area contributed by atoms with E-state index in [1.165, 1.54) is 4.90 Å². The molecule has 0 fully saturated rings. The first-order chi connectivity index (χ1) is 12.8. The van der Waals surface area contributed by atoms with Gasteiger partial charge in [0.15, 0.2) is 5.76 Å². The van der Waals surface area contributed by atoms with Gasteiger partial charge < -0.3 is 15.3 Å². The Balaban J connectivity index is 1.86. The Labute approximate surface area is 182 Å². The van der Waals surface area contributed by atoms with Gasteiger partial charge in [0.2, 0.25) is 0 Å². The van der Waals surface area contributed by atoms with Gasteiger partial charge in [0.25, 0.3) is 11.8 Å². The third kappa shape index (κ3) is 6.23. The molecule has 3 N–H and O–H groups in total. The van der Waals surface area contributed by atoms with Crippen LogP contribution < -0.4 is 8.85 Å². The van der Waals surface area contributed by atoms with E-state index in [1.807, 2.05) is 41.9 Å². The molecule has 6 nitrogen and oxygen atoms in total. The van der Waals surface area contributed by atoms with Crippen molar-refractivity contribution < 1.29 is 14.7 Å². The van der Waals surface area contributed by atoms with E-state index in [1.54, 1.807) is 6.07 Å². The number of rotatable bonds is 9. The van der Waals surface area contributed by atoms with Crippen molar-refractivity contribution in [3.63, 3.8) is 0 Å². The zero-order chi connectivity index (χ0) is 20.0. The summed E-state index contributed by atoms with van der Waals surface area (Å²) >= 11 is 14.0. The van der Waals surface area contributed by atoms with Gasteiger partial charge >= 0.3 is 0 Å². The van der Waals surface area contributed by atoms with E-state index >= 15 is 0 Å². The van der Waals surface area contributed by atoms with Crippen LogP contribution in [0.3, 0.4) is 0 Å². The van der Waals surface area contributed by atoms with Gasteiger partial charge in [-0.2, -0.15) is 0 Å². The summed E-state index contributed by atoms with van der Waals surface area (Å²) in [5.74, 6) is -1.35. The van der Waals surface area contributed by atoms with E-state index in [4.69, 9.17) is 23.2 Å². The molecular weight excluding hydrogens is 504 g/mol. The number of amides is 2. The number of carbonyl (C=O) groups is 2. The van der Waals surface area contributed by atoms with Crippen molar-refractivity contribution in [1.82, 2.24) is 13.7 Å². The van der Waals surface area contributed by atoms with Gasteiger partial charge in [0.1, 0.15) is 0 Å². The van der Waals surface area contributed by atoms with E-state index in [-0.39, 0.29) is 18.2 Å². The summed E-state index contributed by atoms with van der Waals surface area (Å²) in [5, 5.41) is 13.9. The Morgan fingerprint density at radius 3 is 2.78 bits per heavy atom. The zero-order valence-electron chi connectivity index (χ0n) is 14.9. The Morgan fingerprint density at radius 2 is 2.11 bits per heavy atom. The van der Waals surface area contributed by atoms with Crippen LogP contribution in [0.5, 0.6) is 0 Å². The summed E-state index contributed by atoms with van der Waals surface area (Å²) in [5.41, 5.74) is 1.16. The molecule has 1 aromatic carbocycles. The minimum absolute atomic E-state index is 0.125. The second-order valence-electron chi connectivity index (χ2n) is 6.45. The first kappa shape index (κ1) is 22.3. The van der Waals surface area contributed by atoms with Crippen LogP contribution in [0.1, 0.15) is 25.3 Å². The van der Waals surface area contributed by atoms with Crippen LogP contribution in [0.2, 0.25) is 10.0 Å². The lowest BCUT2D eigenvalue weighted by Crippen LogP contribution is -2.36. The highest BCUT2D eigenvalue weighted by molar-refractivity contribution is 14.1. The van der Waals surface area contributed by atoms with E-state index in [9.17, 15) is 14.7 Å². The van der Waals surface area contributed by atoms with E-state index in [2.05, 4.69) is 8.85 Å². The molecule has 1 atom stereocenters. The number of hydrogen-bond donors (Lipinski definition) is 3. The fourth-order valence-electron chi connectivity index (χ4n) is 2.77. The quantitative estimate of drug-likeness (QED) is 0.262. The third-order valence-corrected chi connectivity index (χ3v) is 5.60. The molecule has 1 heterocycles. The minimum atomic E-state index is -0.489. The molecule has 0 saturated heterocycles. The summed E-state index contributed by atoms with van der Waals surface area (Å²) in [6.07, 6.45) is 2.16. The van der Waals surface area contributed by atoms with Gasteiger partial charge in [-0.3, -0.25) is 13.1 Å². The second-order valence-corrected chi connectivity index (χ2v) is 8.03. The van der Waals surface area contributed by atoms with Crippen LogP contribution >= 0.6 is 46.1 Å². The molecule has 27 heavy (non-hydrogen) atoms. The number of hydrogen-bond acceptors (Lipinski definition) is 4. The largest absolute Gasteiger partial charge is 0.503 e. The first-order valence-electron chi connectivity index (χ1n) is 8.63. The Morgan fingerprint density at radius 1 is 1.37 bits per heavy atom. The summed E-state index contributed by atoms with van der Waals surface area (Å²) in [6.45, 7) is 3.26. The predicted octanol–water partition coefficient (Wildman–Crippen LogP) is 3.41. The number of halogens is 3. The fourth-order valence-corrected chi connectivity index (χ4v) is 3.48. The number of aryl methyl sites for hydroxylation is 1. The van der Waals surface area contributed by atoms with Gasteiger partial charge in [-0.1, -0.05) is 29.3 Å². The number of aliphatic hydroxyl groups excluding tert-OH is 1. The topological polar surface area (TPSA) is 81.7 Å². The van der Waals surface area contributed by atoms with Gasteiger partial charge in [-0.25, -0.2) is 0 Å². The zero-order valence-corrected chi connectivity index (χ0v) is 18.6. The molecule has 0 aliphatic carbocycles. The molecule has 2 amide bonds. The third-order valence-electron chi connectivity index (χ3n) is 4.33. The molecule has 0 aromatic heterocycles. The molecule has 1 unspecified atom stereocenters. The van der Waals surface area contributed by atoms with Crippen LogP contribution in [0, 0.1) is 0 Å². The number of benzene rings is 1. The Kier molecular flexibility index (Phi) is 8.65. The van der Waals surface area contributed by atoms with Crippen molar-refractivity contribution in [2.45, 2.75) is 32.2 Å². The maximum atomic E-state index is 12.4. The standard InChI is InChI=1S/C18H22Cl2IN3O3/c1-11(3-4-12-5-6-14(19)15(20)9-12)23-17(26)13-10-24(8-2-7-22-21)18(27)16(13)25/h5-6,9,11,22,25H,2-4,7-8,10H2,1H3,(H,23,26). The van der Waals surface area contributed by atoms with Gasteiger partial charge in [-0.15, -0.1) is 0 Å². The van der Waals surface area contributed by atoms with E-state index < -0.39 is 17.6 Å². The highest BCUT2D eigenvalue weighted by Gasteiger charge is 2.33. The molecule has 148 valence electrons. The SMILES string of the molecule is CC(CCc1ccc(Cl)c(Cl)c1)NC(=O)C1=C(O)C(=O)N(CCCNI)C1. The van der Waals surface area contributed by atoms with Crippen molar-refractivity contribution in [2.24, 2.45) is 0 Å². The maximum absolute atomic E-state index is 12.4. The molecule has 0 bridgehead atoms. The molecule has 1 aliphatic rings. The molecule has 0 spiro atoms. The molecule has 0 saturated carbocycles. The maximum Gasteiger partial charge on any atom is 0.289 e. The normalized spacial score (nSPS) is 15.4. The Hall–Kier alpha value is -1.03. The smallest absolute Gasteiger partial charge is 0.289 e. The van der Waals surface area contributed by atoms with Gasteiger partial charge in [0.05, 0.1) is 22.2 Å². The van der Waals surface area contributed by atoms with Crippen molar-refractivity contribution in [1.29, 1.82) is 0 Å². The molecular formula is C18H22Cl2IN3O3. The number of aliphatic hydroxyl groups is 1. The average Bonchev–Trinajstić information content (AvgIpc) is 2.91. The average molecular weight is 526 g/mol. The van der Waals surface area contributed by atoms with Gasteiger partial charge in [-0.05, 0) is 43.9 Å². The molecule has 1 aliphatic heterocycles. The summed E-state index contributed by atoms with van der Waals surface area (Å²) in [7, 11) is 0. The molecule has 0 radical (unpaired) electrons. The predicted molar refractivity (Wildman–Crippen MR) is 115 cm³/mol. The summed E-state index contributed by atoms with van der Waals surface area (Å²) in [4.78, 5) is 26.0.